The maximum absolute atomic E-state index is 11.9. The Bertz CT molecular complexity index is 723. The third kappa shape index (κ3) is 2.53. The summed E-state index contributed by atoms with van der Waals surface area (Å²) in [7, 11) is 0. The van der Waals surface area contributed by atoms with E-state index < -0.39 is 0 Å². The maximum atomic E-state index is 11.9. The van der Waals surface area contributed by atoms with Crippen LogP contribution in [-0.4, -0.2) is 17.8 Å². The molecule has 2 aromatic carbocycles. The summed E-state index contributed by atoms with van der Waals surface area (Å²) in [6.07, 6.45) is 1.62. The zero-order valence-electron chi connectivity index (χ0n) is 10.4. The van der Waals surface area contributed by atoms with Gasteiger partial charge in [0, 0.05) is 10.0 Å². The van der Waals surface area contributed by atoms with Crippen LogP contribution in [0.4, 0.5) is 5.69 Å². The van der Waals surface area contributed by atoms with Crippen LogP contribution in [-0.2, 0) is 4.79 Å². The lowest BCUT2D eigenvalue weighted by atomic mass is 10.1. The molecule has 1 aliphatic rings. The van der Waals surface area contributed by atoms with Crippen molar-refractivity contribution in [1.82, 2.24) is 0 Å². The predicted octanol–water partition coefficient (Wildman–Crippen LogP) is 3.22. The molecule has 98 valence electrons. The number of carbonyl (C=O) groups is 1. The van der Waals surface area contributed by atoms with Crippen molar-refractivity contribution in [1.29, 1.82) is 0 Å². The lowest BCUT2D eigenvalue weighted by molar-refractivity contribution is -0.110. The van der Waals surface area contributed by atoms with Crippen LogP contribution in [0.1, 0.15) is 11.1 Å². The second-order valence-corrected chi connectivity index (χ2v) is 5.16. The number of carbonyl (C=O) groups excluding carboxylic acids is 1. The second kappa shape index (κ2) is 5.38. The average Bonchev–Trinajstić information content (AvgIpc) is 2.76. The van der Waals surface area contributed by atoms with Gasteiger partial charge in [0.25, 0.3) is 5.91 Å². The quantitative estimate of drug-likeness (QED) is 0.668. The lowest BCUT2D eigenvalue weighted by Crippen LogP contribution is -2.13. The number of rotatable bonds is 2. The Kier molecular flexibility index (Phi) is 3.43. The molecule has 0 aliphatic carbocycles. The third-order valence-corrected chi connectivity index (χ3v) is 3.36. The van der Waals surface area contributed by atoms with Gasteiger partial charge >= 0.3 is 0 Å². The molecule has 1 heterocycles. The minimum Gasteiger partial charge on any atom is -0.320 e. The van der Waals surface area contributed by atoms with Gasteiger partial charge in [0.15, 0.2) is 5.71 Å². The van der Waals surface area contributed by atoms with Crippen molar-refractivity contribution in [3.05, 3.63) is 64.1 Å². The summed E-state index contributed by atoms with van der Waals surface area (Å²) in [5.74, 6) is -0.233. The molecule has 1 aliphatic heterocycles. The Hall–Kier alpha value is -2.27. The van der Waals surface area contributed by atoms with Crippen LogP contribution in [0.3, 0.4) is 0 Å². The normalized spacial score (nSPS) is 15.7. The zero-order valence-corrected chi connectivity index (χ0v) is 12.0. The molecule has 0 unspecified atom stereocenters. The fourth-order valence-electron chi connectivity index (χ4n) is 1.92. The minimum absolute atomic E-state index is 0.233. The molecule has 4 nitrogen and oxygen atoms in total. The van der Waals surface area contributed by atoms with Crippen molar-refractivity contribution >= 4 is 39.5 Å². The van der Waals surface area contributed by atoms with Gasteiger partial charge in [-0.2, -0.15) is 5.10 Å². The smallest absolute Gasteiger partial charge is 0.276 e. The largest absolute Gasteiger partial charge is 0.320 e. The Balaban J connectivity index is 1.91. The number of nitrogens with one attached hydrogen (secondary N) is 1. The number of amides is 1. The minimum atomic E-state index is -0.233. The summed E-state index contributed by atoms with van der Waals surface area (Å²) in [6.45, 7) is 0. The van der Waals surface area contributed by atoms with Crippen LogP contribution in [0.5, 0.6) is 0 Å². The number of fused-ring (bicyclic) bond motifs is 1. The van der Waals surface area contributed by atoms with Crippen LogP contribution in [0, 0.1) is 0 Å². The molecule has 1 amide bonds. The summed E-state index contributed by atoms with van der Waals surface area (Å²) in [5.41, 5.74) is 2.78. The lowest BCUT2D eigenvalue weighted by Gasteiger charge is -1.96. The molecular formula is C15H10BrN3O. The highest BCUT2D eigenvalue weighted by molar-refractivity contribution is 9.10. The highest BCUT2D eigenvalue weighted by Crippen LogP contribution is 2.26. The Morgan fingerprint density at radius 2 is 1.90 bits per heavy atom. The van der Waals surface area contributed by atoms with Crippen LogP contribution >= 0.6 is 15.9 Å². The van der Waals surface area contributed by atoms with E-state index in [1.165, 1.54) is 0 Å². The van der Waals surface area contributed by atoms with Crippen LogP contribution < -0.4 is 5.32 Å². The molecule has 0 radical (unpaired) electrons. The van der Waals surface area contributed by atoms with E-state index in [0.717, 1.165) is 21.3 Å². The van der Waals surface area contributed by atoms with Gasteiger partial charge in [-0.05, 0) is 23.8 Å². The maximum Gasteiger partial charge on any atom is 0.276 e. The SMILES string of the molecule is O=C1Nc2ccc(Br)cc2/C1=N/N=C\c1ccccc1. The molecule has 2 aromatic rings. The Labute approximate surface area is 124 Å². The van der Waals surface area contributed by atoms with E-state index in [2.05, 4.69) is 31.4 Å². The summed E-state index contributed by atoms with van der Waals surface area (Å²) < 4.78 is 0.896. The van der Waals surface area contributed by atoms with E-state index in [9.17, 15) is 4.79 Å². The van der Waals surface area contributed by atoms with E-state index in [0.29, 0.717) is 5.71 Å². The number of halogens is 1. The molecule has 0 saturated carbocycles. The Morgan fingerprint density at radius 1 is 1.10 bits per heavy atom. The molecule has 0 saturated heterocycles. The van der Waals surface area contributed by atoms with Gasteiger partial charge in [-0.15, -0.1) is 5.10 Å². The first kappa shape index (κ1) is 12.7. The van der Waals surface area contributed by atoms with E-state index in [-0.39, 0.29) is 5.91 Å². The highest BCUT2D eigenvalue weighted by Gasteiger charge is 2.26. The molecule has 5 heteroatoms. The predicted molar refractivity (Wildman–Crippen MR) is 83.3 cm³/mol. The number of hydrogen-bond donors (Lipinski definition) is 1. The molecule has 0 bridgehead atoms. The average molecular weight is 328 g/mol. The topological polar surface area (TPSA) is 53.8 Å². The van der Waals surface area contributed by atoms with Gasteiger partial charge in [-0.1, -0.05) is 46.3 Å². The number of hydrogen-bond acceptors (Lipinski definition) is 3. The molecular weight excluding hydrogens is 318 g/mol. The molecule has 1 N–H and O–H groups in total. The summed E-state index contributed by atoms with van der Waals surface area (Å²) in [5, 5.41) is 10.8. The zero-order chi connectivity index (χ0) is 13.9. The summed E-state index contributed by atoms with van der Waals surface area (Å²) >= 11 is 3.38. The summed E-state index contributed by atoms with van der Waals surface area (Å²) in [6, 6.07) is 15.2. The first-order valence-electron chi connectivity index (χ1n) is 6.01. The van der Waals surface area contributed by atoms with Gasteiger partial charge in [0.1, 0.15) is 0 Å². The third-order valence-electron chi connectivity index (χ3n) is 2.86. The first-order valence-corrected chi connectivity index (χ1v) is 6.81. The van der Waals surface area contributed by atoms with Crippen molar-refractivity contribution in [2.24, 2.45) is 10.2 Å². The van der Waals surface area contributed by atoms with Crippen LogP contribution in [0.15, 0.2) is 63.2 Å². The van der Waals surface area contributed by atoms with Gasteiger partial charge in [0.05, 0.1) is 11.9 Å². The molecule has 0 atom stereocenters. The first-order chi connectivity index (χ1) is 9.74. The summed E-state index contributed by atoms with van der Waals surface area (Å²) in [4.78, 5) is 11.9. The standard InChI is InChI=1S/C15H10BrN3O/c16-11-6-7-13-12(8-11)14(15(20)18-13)19-17-9-10-4-2-1-3-5-10/h1-9H,(H,18,19,20)/b17-9-. The molecule has 0 spiro atoms. The van der Waals surface area contributed by atoms with Gasteiger partial charge < -0.3 is 5.32 Å². The Morgan fingerprint density at radius 3 is 2.70 bits per heavy atom. The number of anilines is 1. The van der Waals surface area contributed by atoms with Gasteiger partial charge in [-0.3, -0.25) is 4.79 Å². The molecule has 0 fully saturated rings. The van der Waals surface area contributed by atoms with Crippen molar-refractivity contribution in [3.8, 4) is 0 Å². The fraction of sp³-hybridized carbons (Fsp3) is 0. The monoisotopic (exact) mass is 327 g/mol. The van der Waals surface area contributed by atoms with Crippen LogP contribution in [0.25, 0.3) is 0 Å². The molecule has 20 heavy (non-hydrogen) atoms. The number of benzene rings is 2. The van der Waals surface area contributed by atoms with Crippen molar-refractivity contribution < 1.29 is 4.79 Å². The van der Waals surface area contributed by atoms with Crippen LogP contribution in [0.2, 0.25) is 0 Å². The van der Waals surface area contributed by atoms with Gasteiger partial charge in [-0.25, -0.2) is 0 Å². The van der Waals surface area contributed by atoms with Crippen molar-refractivity contribution in [2.45, 2.75) is 0 Å². The van der Waals surface area contributed by atoms with Gasteiger partial charge in [0.2, 0.25) is 0 Å². The van der Waals surface area contributed by atoms with E-state index in [1.54, 1.807) is 6.21 Å². The van der Waals surface area contributed by atoms with E-state index in [1.807, 2.05) is 48.5 Å². The molecule has 3 rings (SSSR count). The van der Waals surface area contributed by atoms with E-state index >= 15 is 0 Å². The highest BCUT2D eigenvalue weighted by atomic mass is 79.9. The van der Waals surface area contributed by atoms with Crippen molar-refractivity contribution in [3.63, 3.8) is 0 Å². The fourth-order valence-corrected chi connectivity index (χ4v) is 2.28. The van der Waals surface area contributed by atoms with E-state index in [4.69, 9.17) is 0 Å². The van der Waals surface area contributed by atoms with Crippen molar-refractivity contribution in [2.75, 3.05) is 5.32 Å². The molecule has 0 aromatic heterocycles. The second-order valence-electron chi connectivity index (χ2n) is 4.25. The number of nitrogens with zero attached hydrogens (tertiary/aromatic N) is 2.